The number of benzene rings is 1. The van der Waals surface area contributed by atoms with Gasteiger partial charge in [-0.25, -0.2) is 8.42 Å². The summed E-state index contributed by atoms with van der Waals surface area (Å²) in [4.78, 5) is 9.50. The lowest BCUT2D eigenvalue weighted by Gasteiger charge is -2.08. The van der Waals surface area contributed by atoms with Crippen LogP contribution in [-0.2, 0) is 9.84 Å². The van der Waals surface area contributed by atoms with Crippen LogP contribution in [0.15, 0.2) is 40.8 Å². The topological polar surface area (TPSA) is 90.4 Å². The maximum absolute atomic E-state index is 12.3. The molecule has 23 heavy (non-hydrogen) atoms. The molecule has 0 spiro atoms. The summed E-state index contributed by atoms with van der Waals surface area (Å²) in [5.41, 5.74) is 0.362. The predicted octanol–water partition coefficient (Wildman–Crippen LogP) is 4.52. The highest BCUT2D eigenvalue weighted by molar-refractivity contribution is 8.03. The first kappa shape index (κ1) is 17.8. The number of sulfone groups is 1. The second-order valence-electron chi connectivity index (χ2n) is 4.23. The summed E-state index contributed by atoms with van der Waals surface area (Å²) in [5, 5.41) is 11.0. The van der Waals surface area contributed by atoms with Crippen LogP contribution in [0.2, 0.25) is 5.02 Å². The molecule has 0 amide bonds. The van der Waals surface area contributed by atoms with Crippen molar-refractivity contribution >= 4 is 61.5 Å². The van der Waals surface area contributed by atoms with Crippen molar-refractivity contribution in [2.75, 3.05) is 0 Å². The molecule has 1 aromatic heterocycles. The van der Waals surface area contributed by atoms with Gasteiger partial charge in [0.2, 0.25) is 14.0 Å². The molecule has 0 unspecified atom stereocenters. The fourth-order valence-corrected chi connectivity index (χ4v) is 3.32. The molecule has 10 heteroatoms. The number of alkyl halides is 2. The summed E-state index contributed by atoms with van der Waals surface area (Å²) < 4.78 is 27.8. The second kappa shape index (κ2) is 6.92. The second-order valence-corrected chi connectivity index (χ2v) is 8.25. The van der Waals surface area contributed by atoms with E-state index in [2.05, 4.69) is 0 Å². The van der Waals surface area contributed by atoms with E-state index in [1.54, 1.807) is 24.3 Å². The van der Waals surface area contributed by atoms with E-state index in [9.17, 15) is 18.5 Å². The number of nitrogens with zero attached hydrogens (tertiary/aromatic N) is 1. The molecule has 6 nitrogen and oxygen atoms in total. The molecule has 2 aromatic rings. The molecular weight excluding hydrogens is 389 g/mol. The lowest BCUT2D eigenvalue weighted by molar-refractivity contribution is -0.402. The Labute approximate surface area is 146 Å². The number of nitro groups is 1. The van der Waals surface area contributed by atoms with Gasteiger partial charge in [0.25, 0.3) is 0 Å². The van der Waals surface area contributed by atoms with E-state index in [1.165, 1.54) is 6.08 Å². The van der Waals surface area contributed by atoms with Gasteiger partial charge in [0, 0.05) is 5.02 Å². The van der Waals surface area contributed by atoms with Crippen LogP contribution in [0.5, 0.6) is 0 Å². The molecule has 0 bridgehead atoms. The van der Waals surface area contributed by atoms with Gasteiger partial charge in [-0.2, -0.15) is 0 Å². The van der Waals surface area contributed by atoms with Gasteiger partial charge >= 0.3 is 5.88 Å². The third kappa shape index (κ3) is 3.87. The molecule has 0 aliphatic rings. The van der Waals surface area contributed by atoms with E-state index >= 15 is 0 Å². The molecular formula is C13H8Cl3NO5S. The van der Waals surface area contributed by atoms with Crippen LogP contribution in [0.25, 0.3) is 11.0 Å². The third-order valence-corrected chi connectivity index (χ3v) is 5.90. The number of furan rings is 1. The fraction of sp³-hybridized carbons (Fsp3) is 0.0769. The van der Waals surface area contributed by atoms with E-state index in [-0.39, 0.29) is 10.8 Å². The molecule has 1 heterocycles. The van der Waals surface area contributed by atoms with Crippen LogP contribution in [0, 0.1) is 10.1 Å². The number of rotatable bonds is 5. The van der Waals surface area contributed by atoms with Gasteiger partial charge in [-0.1, -0.05) is 53.0 Å². The third-order valence-electron chi connectivity index (χ3n) is 2.75. The van der Waals surface area contributed by atoms with Crippen molar-refractivity contribution in [2.45, 2.75) is 4.17 Å². The molecule has 0 radical (unpaired) electrons. The van der Waals surface area contributed by atoms with Crippen LogP contribution in [0.1, 0.15) is 11.3 Å². The lowest BCUT2D eigenvalue weighted by Crippen LogP contribution is -2.10. The highest BCUT2D eigenvalue weighted by Gasteiger charge is 2.30. The Morgan fingerprint density at radius 2 is 1.87 bits per heavy atom. The average molecular weight is 397 g/mol. The zero-order valence-electron chi connectivity index (χ0n) is 11.1. The van der Waals surface area contributed by atoms with Crippen molar-refractivity contribution in [3.05, 3.63) is 62.9 Å². The van der Waals surface area contributed by atoms with Gasteiger partial charge in [-0.05, 0) is 23.8 Å². The Bertz CT molecular complexity index is 873. The Hall–Kier alpha value is -1.54. The monoisotopic (exact) mass is 395 g/mol. The molecule has 122 valence electrons. The summed E-state index contributed by atoms with van der Waals surface area (Å²) in [6, 6.07) is 8.61. The zero-order valence-corrected chi connectivity index (χ0v) is 14.2. The number of hydrogen-bond donors (Lipinski definition) is 0. The maximum Gasteiger partial charge on any atom is 0.433 e. The van der Waals surface area contributed by atoms with Crippen LogP contribution in [-0.4, -0.2) is 17.5 Å². The van der Waals surface area contributed by atoms with Crippen LogP contribution < -0.4 is 0 Å². The summed E-state index contributed by atoms with van der Waals surface area (Å²) in [7, 11) is -4.20. The average Bonchev–Trinajstić information content (AvgIpc) is 2.95. The fourth-order valence-electron chi connectivity index (χ4n) is 1.68. The molecule has 0 saturated heterocycles. The minimum atomic E-state index is -4.20. The lowest BCUT2D eigenvalue weighted by atomic mass is 10.2. The highest BCUT2D eigenvalue weighted by Crippen LogP contribution is 2.34. The summed E-state index contributed by atoms with van der Waals surface area (Å²) in [5.74, 6) is -0.871. The van der Waals surface area contributed by atoms with Crippen molar-refractivity contribution in [3.63, 3.8) is 0 Å². The Morgan fingerprint density at radius 3 is 2.39 bits per heavy atom. The van der Waals surface area contributed by atoms with E-state index < -0.39 is 29.7 Å². The Balaban J connectivity index is 2.66. The van der Waals surface area contributed by atoms with Gasteiger partial charge < -0.3 is 4.42 Å². The van der Waals surface area contributed by atoms with E-state index in [0.717, 1.165) is 12.1 Å². The van der Waals surface area contributed by atoms with E-state index in [1.807, 2.05) is 0 Å². The summed E-state index contributed by atoms with van der Waals surface area (Å²) >= 11 is 17.0. The zero-order chi connectivity index (χ0) is 17.2. The Kier molecular flexibility index (Phi) is 5.36. The molecule has 0 fully saturated rings. The first-order valence-electron chi connectivity index (χ1n) is 5.96. The minimum absolute atomic E-state index is 0.261. The molecule has 0 aliphatic heterocycles. The molecule has 2 rings (SSSR count). The van der Waals surface area contributed by atoms with Crippen molar-refractivity contribution in [3.8, 4) is 0 Å². The molecule has 0 atom stereocenters. The summed E-state index contributed by atoms with van der Waals surface area (Å²) in [6.45, 7) is 0. The molecule has 1 aromatic carbocycles. The van der Waals surface area contributed by atoms with Gasteiger partial charge in [0.1, 0.15) is 9.83 Å². The molecule has 0 aliphatic carbocycles. The Morgan fingerprint density at radius 1 is 1.22 bits per heavy atom. The quantitative estimate of drug-likeness (QED) is 0.421. The van der Waals surface area contributed by atoms with Crippen LogP contribution in [0.3, 0.4) is 0 Å². The van der Waals surface area contributed by atoms with Gasteiger partial charge in [-0.15, -0.1) is 0 Å². The van der Waals surface area contributed by atoms with Crippen molar-refractivity contribution in [2.24, 2.45) is 0 Å². The van der Waals surface area contributed by atoms with E-state index in [0.29, 0.717) is 5.56 Å². The normalized spacial score (nSPS) is 12.6. The van der Waals surface area contributed by atoms with Crippen LogP contribution in [0.4, 0.5) is 5.88 Å². The standard InChI is InChI=1S/C13H8Cl3NO5S/c14-9-4-2-1-3-8(9)7-11(23(20,21)13(15)16)10-5-6-12(22-10)17(18)19/h1-7,13H. The van der Waals surface area contributed by atoms with E-state index in [4.69, 9.17) is 39.2 Å². The van der Waals surface area contributed by atoms with Crippen molar-refractivity contribution in [1.82, 2.24) is 0 Å². The highest BCUT2D eigenvalue weighted by atomic mass is 35.5. The maximum atomic E-state index is 12.3. The first-order valence-corrected chi connectivity index (χ1v) is 8.76. The van der Waals surface area contributed by atoms with Crippen molar-refractivity contribution < 1.29 is 17.8 Å². The smallest absolute Gasteiger partial charge is 0.400 e. The van der Waals surface area contributed by atoms with Crippen molar-refractivity contribution in [1.29, 1.82) is 0 Å². The van der Waals surface area contributed by atoms with Crippen LogP contribution >= 0.6 is 34.8 Å². The molecule has 0 saturated carbocycles. The van der Waals surface area contributed by atoms with Gasteiger partial charge in [0.05, 0.1) is 6.07 Å². The SMILES string of the molecule is O=[N+]([O-])c1ccc(C(=Cc2ccccc2Cl)S(=O)(=O)C(Cl)Cl)o1. The van der Waals surface area contributed by atoms with Gasteiger partial charge in [0.15, 0.2) is 5.76 Å². The predicted molar refractivity (Wildman–Crippen MR) is 89.1 cm³/mol. The number of hydrogen-bond acceptors (Lipinski definition) is 5. The number of halogens is 3. The minimum Gasteiger partial charge on any atom is -0.400 e. The molecule has 0 N–H and O–H groups in total. The summed E-state index contributed by atoms with van der Waals surface area (Å²) in [6.07, 6.45) is 1.19. The first-order chi connectivity index (χ1) is 10.7. The van der Waals surface area contributed by atoms with Gasteiger partial charge in [-0.3, -0.25) is 10.1 Å². The largest absolute Gasteiger partial charge is 0.433 e.